The van der Waals surface area contributed by atoms with Crippen LogP contribution < -0.4 is 10.2 Å². The number of hydrogen-bond acceptors (Lipinski definition) is 4. The lowest BCUT2D eigenvalue weighted by Crippen LogP contribution is -2.26. The average molecular weight is 236 g/mol. The van der Waals surface area contributed by atoms with Crippen LogP contribution in [-0.4, -0.2) is 29.2 Å². The molecule has 17 heavy (non-hydrogen) atoms. The van der Waals surface area contributed by atoms with Gasteiger partial charge in [-0.25, -0.2) is 0 Å². The molecule has 0 saturated carbocycles. The molecule has 0 spiro atoms. The number of carbonyl (C=O) groups is 1. The van der Waals surface area contributed by atoms with Crippen LogP contribution in [0.3, 0.4) is 0 Å². The van der Waals surface area contributed by atoms with Gasteiger partial charge in [-0.1, -0.05) is 13.8 Å². The molecule has 5 nitrogen and oxygen atoms in total. The Morgan fingerprint density at radius 2 is 1.88 bits per heavy atom. The Bertz CT molecular complexity index is 344. The highest BCUT2D eigenvalue weighted by atomic mass is 16.1. The van der Waals surface area contributed by atoms with Gasteiger partial charge in [0, 0.05) is 20.0 Å². The van der Waals surface area contributed by atoms with Gasteiger partial charge >= 0.3 is 0 Å². The van der Waals surface area contributed by atoms with Crippen LogP contribution in [0, 0.1) is 0 Å². The van der Waals surface area contributed by atoms with Crippen molar-refractivity contribution in [3.8, 4) is 0 Å². The lowest BCUT2D eigenvalue weighted by atomic mass is 10.3. The minimum absolute atomic E-state index is 0.133. The topological polar surface area (TPSA) is 58.1 Å². The van der Waals surface area contributed by atoms with Gasteiger partial charge in [0.15, 0.2) is 11.6 Å². The molecule has 94 valence electrons. The summed E-state index contributed by atoms with van der Waals surface area (Å²) >= 11 is 0. The van der Waals surface area contributed by atoms with Crippen molar-refractivity contribution in [1.29, 1.82) is 0 Å². The number of nitrogens with one attached hydrogen (secondary N) is 1. The number of amides is 1. The van der Waals surface area contributed by atoms with Gasteiger partial charge in [-0.3, -0.25) is 4.79 Å². The Morgan fingerprint density at radius 3 is 2.29 bits per heavy atom. The monoisotopic (exact) mass is 236 g/mol. The van der Waals surface area contributed by atoms with Crippen molar-refractivity contribution in [1.82, 2.24) is 10.2 Å². The molecular formula is C12H20N4O. The summed E-state index contributed by atoms with van der Waals surface area (Å²) in [5.74, 6) is 1.23. The molecule has 0 aliphatic heterocycles. The Labute approximate surface area is 102 Å². The number of rotatable bonds is 6. The van der Waals surface area contributed by atoms with Crippen LogP contribution in [0.5, 0.6) is 0 Å². The summed E-state index contributed by atoms with van der Waals surface area (Å²) in [5.41, 5.74) is 0. The summed E-state index contributed by atoms with van der Waals surface area (Å²) in [5, 5.41) is 10.7. The lowest BCUT2D eigenvalue weighted by molar-refractivity contribution is -0.114. The predicted octanol–water partition coefficient (Wildman–Crippen LogP) is 2.06. The quantitative estimate of drug-likeness (QED) is 0.821. The summed E-state index contributed by atoms with van der Waals surface area (Å²) in [6, 6.07) is 3.67. The van der Waals surface area contributed by atoms with Crippen LogP contribution in [-0.2, 0) is 4.79 Å². The maximum atomic E-state index is 10.8. The van der Waals surface area contributed by atoms with Crippen LogP contribution in [0.25, 0.3) is 0 Å². The van der Waals surface area contributed by atoms with Crippen LogP contribution in [0.1, 0.15) is 33.6 Å². The van der Waals surface area contributed by atoms with Crippen molar-refractivity contribution in [2.75, 3.05) is 23.3 Å². The summed E-state index contributed by atoms with van der Waals surface area (Å²) in [6.45, 7) is 7.68. The van der Waals surface area contributed by atoms with Gasteiger partial charge in [0.25, 0.3) is 0 Å². The summed E-state index contributed by atoms with van der Waals surface area (Å²) < 4.78 is 0. The molecule has 1 N–H and O–H groups in total. The first-order valence-electron chi connectivity index (χ1n) is 6.03. The molecule has 1 heterocycles. The van der Waals surface area contributed by atoms with Gasteiger partial charge in [-0.15, -0.1) is 10.2 Å². The van der Waals surface area contributed by atoms with Gasteiger partial charge in [0.05, 0.1) is 0 Å². The van der Waals surface area contributed by atoms with E-state index in [0.717, 1.165) is 31.7 Å². The van der Waals surface area contributed by atoms with E-state index >= 15 is 0 Å². The van der Waals surface area contributed by atoms with Crippen LogP contribution in [0.15, 0.2) is 12.1 Å². The van der Waals surface area contributed by atoms with Crippen LogP contribution in [0.4, 0.5) is 11.6 Å². The molecule has 1 rings (SSSR count). The van der Waals surface area contributed by atoms with E-state index in [9.17, 15) is 4.79 Å². The van der Waals surface area contributed by atoms with Crippen LogP contribution >= 0.6 is 0 Å². The maximum absolute atomic E-state index is 10.8. The van der Waals surface area contributed by atoms with E-state index in [1.165, 1.54) is 6.92 Å². The van der Waals surface area contributed by atoms with E-state index in [2.05, 4.69) is 34.3 Å². The molecule has 1 amide bonds. The highest BCUT2D eigenvalue weighted by molar-refractivity contribution is 5.87. The molecule has 0 fully saturated rings. The minimum Gasteiger partial charge on any atom is -0.355 e. The Balaban J connectivity index is 2.72. The molecule has 0 unspecified atom stereocenters. The van der Waals surface area contributed by atoms with Gasteiger partial charge < -0.3 is 10.2 Å². The molecule has 0 aliphatic carbocycles. The normalized spacial score (nSPS) is 10.1. The SMILES string of the molecule is CCCN(CCC)c1ccc(NC(C)=O)nn1. The Morgan fingerprint density at radius 1 is 1.24 bits per heavy atom. The molecule has 0 bridgehead atoms. The molecule has 5 heteroatoms. The molecule has 0 saturated heterocycles. The molecule has 0 radical (unpaired) electrons. The van der Waals surface area contributed by atoms with Crippen LogP contribution in [0.2, 0.25) is 0 Å². The Hall–Kier alpha value is -1.65. The average Bonchev–Trinajstić information content (AvgIpc) is 2.29. The summed E-state index contributed by atoms with van der Waals surface area (Å²) in [6.07, 6.45) is 2.16. The zero-order valence-corrected chi connectivity index (χ0v) is 10.7. The van der Waals surface area contributed by atoms with Crippen molar-refractivity contribution in [2.45, 2.75) is 33.6 Å². The second kappa shape index (κ2) is 6.83. The van der Waals surface area contributed by atoms with E-state index < -0.39 is 0 Å². The Kier molecular flexibility index (Phi) is 5.39. The fourth-order valence-corrected chi connectivity index (χ4v) is 1.62. The minimum atomic E-state index is -0.133. The fourth-order valence-electron chi connectivity index (χ4n) is 1.62. The highest BCUT2D eigenvalue weighted by Gasteiger charge is 2.06. The first-order valence-corrected chi connectivity index (χ1v) is 6.03. The van der Waals surface area contributed by atoms with Gasteiger partial charge in [-0.05, 0) is 25.0 Å². The third kappa shape index (κ3) is 4.38. The van der Waals surface area contributed by atoms with Gasteiger partial charge in [-0.2, -0.15) is 0 Å². The summed E-state index contributed by atoms with van der Waals surface area (Å²) in [4.78, 5) is 13.0. The lowest BCUT2D eigenvalue weighted by Gasteiger charge is -2.21. The van der Waals surface area contributed by atoms with E-state index in [4.69, 9.17) is 0 Å². The molecule has 1 aromatic heterocycles. The zero-order valence-electron chi connectivity index (χ0n) is 10.7. The number of aromatic nitrogens is 2. The molecule has 1 aromatic rings. The smallest absolute Gasteiger partial charge is 0.222 e. The van der Waals surface area contributed by atoms with E-state index in [0.29, 0.717) is 5.82 Å². The molecule has 0 aliphatic rings. The molecule has 0 atom stereocenters. The standard InChI is InChI=1S/C12H20N4O/c1-4-8-16(9-5-2)12-7-6-11(14-15-12)13-10(3)17/h6-7H,4-5,8-9H2,1-3H3,(H,13,14,17). The zero-order chi connectivity index (χ0) is 12.7. The molecular weight excluding hydrogens is 216 g/mol. The van der Waals surface area contributed by atoms with Crippen molar-refractivity contribution in [3.63, 3.8) is 0 Å². The van der Waals surface area contributed by atoms with E-state index in [-0.39, 0.29) is 5.91 Å². The number of carbonyl (C=O) groups excluding carboxylic acids is 1. The first-order chi connectivity index (χ1) is 8.17. The summed E-state index contributed by atoms with van der Waals surface area (Å²) in [7, 11) is 0. The third-order valence-electron chi connectivity index (χ3n) is 2.27. The number of hydrogen-bond donors (Lipinski definition) is 1. The van der Waals surface area contributed by atoms with Crippen molar-refractivity contribution in [3.05, 3.63) is 12.1 Å². The van der Waals surface area contributed by atoms with Crippen molar-refractivity contribution < 1.29 is 4.79 Å². The van der Waals surface area contributed by atoms with E-state index in [1.54, 1.807) is 6.07 Å². The van der Waals surface area contributed by atoms with Gasteiger partial charge in [0.2, 0.25) is 5.91 Å². The largest absolute Gasteiger partial charge is 0.355 e. The second-order valence-corrected chi connectivity index (χ2v) is 3.95. The number of nitrogens with zero attached hydrogens (tertiary/aromatic N) is 3. The van der Waals surface area contributed by atoms with Gasteiger partial charge in [0.1, 0.15) is 0 Å². The van der Waals surface area contributed by atoms with Crippen molar-refractivity contribution >= 4 is 17.5 Å². The molecule has 0 aromatic carbocycles. The van der Waals surface area contributed by atoms with Crippen molar-refractivity contribution in [2.24, 2.45) is 0 Å². The second-order valence-electron chi connectivity index (χ2n) is 3.95. The highest BCUT2D eigenvalue weighted by Crippen LogP contribution is 2.12. The fraction of sp³-hybridized carbons (Fsp3) is 0.583. The van der Waals surface area contributed by atoms with E-state index in [1.807, 2.05) is 6.07 Å². The predicted molar refractivity (Wildman–Crippen MR) is 69.1 cm³/mol. The first kappa shape index (κ1) is 13.4. The number of anilines is 2. The maximum Gasteiger partial charge on any atom is 0.222 e. The third-order valence-corrected chi connectivity index (χ3v) is 2.27.